The topological polar surface area (TPSA) is 32.8 Å². The van der Waals surface area contributed by atoms with E-state index in [-0.39, 0.29) is 6.61 Å². The van der Waals surface area contributed by atoms with Crippen molar-refractivity contribution in [1.29, 1.82) is 0 Å². The van der Waals surface area contributed by atoms with Crippen molar-refractivity contribution in [2.45, 2.75) is 64.2 Å². The standard InChI is InChI=1S/C25H39FN2O2/c26-14-20-30-25-13-7-6-12-24(25)28-18-16-27(17-19-28)15-8-2-5-11-23(29)21-22-9-3-1-4-10-22/h6-7,12-13,22H,1-5,8-11,14-21H2. The minimum absolute atomic E-state index is 0.111. The van der Waals surface area contributed by atoms with Crippen LogP contribution in [0.2, 0.25) is 0 Å². The number of piperazine rings is 1. The summed E-state index contributed by atoms with van der Waals surface area (Å²) in [5, 5.41) is 0. The van der Waals surface area contributed by atoms with E-state index in [1.165, 1.54) is 38.5 Å². The highest BCUT2D eigenvalue weighted by Crippen LogP contribution is 2.29. The van der Waals surface area contributed by atoms with Crippen LogP contribution < -0.4 is 9.64 Å². The van der Waals surface area contributed by atoms with Gasteiger partial charge in [-0.05, 0) is 37.4 Å². The number of hydrogen-bond donors (Lipinski definition) is 0. The van der Waals surface area contributed by atoms with Crippen LogP contribution >= 0.6 is 0 Å². The molecule has 0 spiro atoms. The predicted molar refractivity (Wildman–Crippen MR) is 121 cm³/mol. The first-order chi connectivity index (χ1) is 14.8. The number of carbonyl (C=O) groups excluding carboxylic acids is 1. The van der Waals surface area contributed by atoms with Crippen LogP contribution in [0, 0.1) is 5.92 Å². The van der Waals surface area contributed by atoms with Gasteiger partial charge in [0.05, 0.1) is 5.69 Å². The highest BCUT2D eigenvalue weighted by Gasteiger charge is 2.20. The van der Waals surface area contributed by atoms with Crippen LogP contribution in [0.25, 0.3) is 0 Å². The number of rotatable bonds is 12. The molecule has 0 radical (unpaired) electrons. The molecule has 5 heteroatoms. The van der Waals surface area contributed by atoms with Gasteiger partial charge in [-0.25, -0.2) is 4.39 Å². The number of alkyl halides is 1. The maximum atomic E-state index is 12.5. The maximum Gasteiger partial charge on any atom is 0.142 e. The Labute approximate surface area is 181 Å². The summed E-state index contributed by atoms with van der Waals surface area (Å²) in [6.07, 6.45) is 11.5. The van der Waals surface area contributed by atoms with Gasteiger partial charge < -0.3 is 9.64 Å². The number of unbranched alkanes of at least 4 members (excludes halogenated alkanes) is 2. The normalized spacial score (nSPS) is 18.5. The van der Waals surface area contributed by atoms with E-state index in [9.17, 15) is 9.18 Å². The first-order valence-corrected chi connectivity index (χ1v) is 12.0. The molecule has 1 saturated heterocycles. The molecule has 1 aromatic rings. The lowest BCUT2D eigenvalue weighted by Gasteiger charge is -2.36. The van der Waals surface area contributed by atoms with Gasteiger partial charge in [-0.2, -0.15) is 0 Å². The number of carbonyl (C=O) groups is 1. The lowest BCUT2D eigenvalue weighted by molar-refractivity contribution is -0.120. The number of halogens is 1. The Morgan fingerprint density at radius 1 is 1.00 bits per heavy atom. The van der Waals surface area contributed by atoms with Gasteiger partial charge in [0.1, 0.15) is 24.8 Å². The molecule has 1 aliphatic carbocycles. The number of nitrogens with zero attached hydrogens (tertiary/aromatic N) is 2. The van der Waals surface area contributed by atoms with E-state index in [0.29, 0.717) is 11.7 Å². The van der Waals surface area contributed by atoms with Gasteiger partial charge in [0, 0.05) is 39.0 Å². The molecule has 1 saturated carbocycles. The summed E-state index contributed by atoms with van der Waals surface area (Å²) < 4.78 is 18.0. The Morgan fingerprint density at radius 2 is 1.77 bits per heavy atom. The molecule has 2 aliphatic rings. The summed E-state index contributed by atoms with van der Waals surface area (Å²) in [6.45, 7) is 4.78. The zero-order valence-electron chi connectivity index (χ0n) is 18.5. The lowest BCUT2D eigenvalue weighted by Crippen LogP contribution is -2.46. The van der Waals surface area contributed by atoms with Gasteiger partial charge in [-0.3, -0.25) is 9.69 Å². The maximum absolute atomic E-state index is 12.5. The van der Waals surface area contributed by atoms with Crippen molar-refractivity contribution in [2.75, 3.05) is 50.9 Å². The third kappa shape index (κ3) is 7.57. The van der Waals surface area contributed by atoms with Crippen molar-refractivity contribution in [3.63, 3.8) is 0 Å². The van der Waals surface area contributed by atoms with E-state index in [1.807, 2.05) is 18.2 Å². The Hall–Kier alpha value is -1.62. The summed E-state index contributed by atoms with van der Waals surface area (Å²) in [7, 11) is 0. The fourth-order valence-corrected chi connectivity index (χ4v) is 4.85. The van der Waals surface area contributed by atoms with E-state index >= 15 is 0 Å². The van der Waals surface area contributed by atoms with Crippen LogP contribution in [-0.4, -0.2) is 56.7 Å². The van der Waals surface area contributed by atoms with Crippen molar-refractivity contribution in [3.8, 4) is 5.75 Å². The lowest BCUT2D eigenvalue weighted by atomic mass is 9.85. The van der Waals surface area contributed by atoms with Gasteiger partial charge in [-0.1, -0.05) is 50.7 Å². The molecule has 0 atom stereocenters. The molecule has 168 valence electrons. The molecule has 1 aliphatic heterocycles. The molecule has 1 heterocycles. The van der Waals surface area contributed by atoms with E-state index in [0.717, 1.165) is 69.8 Å². The highest BCUT2D eigenvalue weighted by atomic mass is 19.1. The molecular formula is C25H39FN2O2. The van der Waals surface area contributed by atoms with Crippen molar-refractivity contribution in [1.82, 2.24) is 4.90 Å². The highest BCUT2D eigenvalue weighted by molar-refractivity contribution is 5.78. The van der Waals surface area contributed by atoms with Crippen LogP contribution in [0.1, 0.15) is 64.2 Å². The number of hydrogen-bond acceptors (Lipinski definition) is 4. The van der Waals surface area contributed by atoms with Crippen molar-refractivity contribution >= 4 is 11.5 Å². The quantitative estimate of drug-likeness (QED) is 0.434. The Morgan fingerprint density at radius 3 is 2.53 bits per heavy atom. The number of para-hydroxylation sites is 2. The minimum atomic E-state index is -0.464. The molecule has 0 aromatic heterocycles. The molecular weight excluding hydrogens is 379 g/mol. The largest absolute Gasteiger partial charge is 0.489 e. The van der Waals surface area contributed by atoms with Crippen LogP contribution in [0.5, 0.6) is 5.75 Å². The number of Topliss-reactive ketones (excluding diaryl/α,β-unsaturated/α-hetero) is 1. The molecule has 0 unspecified atom stereocenters. The SMILES string of the molecule is O=C(CCCCCN1CCN(c2ccccc2OCCF)CC1)CC1CCCCC1. The zero-order valence-corrected chi connectivity index (χ0v) is 18.5. The smallest absolute Gasteiger partial charge is 0.142 e. The number of ether oxygens (including phenoxy) is 1. The molecule has 30 heavy (non-hydrogen) atoms. The molecule has 1 aromatic carbocycles. The van der Waals surface area contributed by atoms with Crippen molar-refractivity contribution < 1.29 is 13.9 Å². The van der Waals surface area contributed by atoms with E-state index in [1.54, 1.807) is 0 Å². The van der Waals surface area contributed by atoms with Gasteiger partial charge in [0.2, 0.25) is 0 Å². The molecule has 0 bridgehead atoms. The summed E-state index contributed by atoms with van der Waals surface area (Å²) in [4.78, 5) is 17.1. The summed E-state index contributed by atoms with van der Waals surface area (Å²) in [5.74, 6) is 1.95. The van der Waals surface area contributed by atoms with Gasteiger partial charge in [0.15, 0.2) is 0 Å². The monoisotopic (exact) mass is 418 g/mol. The van der Waals surface area contributed by atoms with Gasteiger partial charge in [0.25, 0.3) is 0 Å². The predicted octanol–water partition coefficient (Wildman–Crippen LogP) is 5.26. The Kier molecular flexibility index (Phi) is 9.94. The van der Waals surface area contributed by atoms with Crippen LogP contribution in [0.15, 0.2) is 24.3 Å². The van der Waals surface area contributed by atoms with Crippen LogP contribution in [-0.2, 0) is 4.79 Å². The van der Waals surface area contributed by atoms with Crippen molar-refractivity contribution in [2.24, 2.45) is 5.92 Å². The van der Waals surface area contributed by atoms with Gasteiger partial charge in [-0.15, -0.1) is 0 Å². The molecule has 2 fully saturated rings. The fraction of sp³-hybridized carbons (Fsp3) is 0.720. The summed E-state index contributed by atoms with van der Waals surface area (Å²) >= 11 is 0. The average Bonchev–Trinajstić information content (AvgIpc) is 2.79. The second kappa shape index (κ2) is 12.9. The first-order valence-electron chi connectivity index (χ1n) is 12.0. The van der Waals surface area contributed by atoms with Crippen LogP contribution in [0.3, 0.4) is 0 Å². The fourth-order valence-electron chi connectivity index (χ4n) is 4.85. The first kappa shape index (κ1) is 23.1. The third-order valence-electron chi connectivity index (χ3n) is 6.58. The summed E-state index contributed by atoms with van der Waals surface area (Å²) in [6, 6.07) is 7.94. The molecule has 3 rings (SSSR count). The average molecular weight is 419 g/mol. The van der Waals surface area contributed by atoms with E-state index in [2.05, 4.69) is 15.9 Å². The number of benzene rings is 1. The molecule has 0 amide bonds. The second-order valence-electron chi connectivity index (χ2n) is 8.89. The van der Waals surface area contributed by atoms with Crippen molar-refractivity contribution in [3.05, 3.63) is 24.3 Å². The number of ketones is 1. The van der Waals surface area contributed by atoms with Gasteiger partial charge >= 0.3 is 0 Å². The molecule has 0 N–H and O–H groups in total. The second-order valence-corrected chi connectivity index (χ2v) is 8.89. The Balaban J connectivity index is 1.28. The number of anilines is 1. The van der Waals surface area contributed by atoms with Crippen LogP contribution in [0.4, 0.5) is 10.1 Å². The zero-order chi connectivity index (χ0) is 21.0. The van der Waals surface area contributed by atoms with E-state index < -0.39 is 6.67 Å². The molecule has 4 nitrogen and oxygen atoms in total. The summed E-state index contributed by atoms with van der Waals surface area (Å²) in [5.41, 5.74) is 1.07. The third-order valence-corrected chi connectivity index (χ3v) is 6.58. The Bertz CT molecular complexity index is 625. The van der Waals surface area contributed by atoms with E-state index in [4.69, 9.17) is 4.74 Å². The minimum Gasteiger partial charge on any atom is -0.489 e.